The molecule has 0 aromatic heterocycles. The monoisotopic (exact) mass is 463 g/mol. The standard InChI is InChI=1S/C26H22ClNO5/c27-20-11-9-17(10-12-20)16-5-7-18(8-6-16)23(29)15-19(26(32)33)13-14-28-24(30)21-3-1-2-4-22(21)25(28)31/h1-12,19,23,29H,13-15H2,(H,32,33)/t19-,23+/m0/s1. The highest BCUT2D eigenvalue weighted by molar-refractivity contribution is 6.30. The van der Waals surface area contributed by atoms with Gasteiger partial charge in [0.05, 0.1) is 23.1 Å². The van der Waals surface area contributed by atoms with Crippen LogP contribution in [0, 0.1) is 5.92 Å². The molecule has 0 aliphatic carbocycles. The number of halogens is 1. The zero-order chi connectivity index (χ0) is 23.5. The maximum atomic E-state index is 12.5. The number of carbonyl (C=O) groups excluding carboxylic acids is 2. The Labute approximate surface area is 196 Å². The van der Waals surface area contributed by atoms with Crippen LogP contribution in [0.5, 0.6) is 0 Å². The normalized spacial score (nSPS) is 14.8. The van der Waals surface area contributed by atoms with E-state index in [0.717, 1.165) is 16.0 Å². The lowest BCUT2D eigenvalue weighted by atomic mass is 9.93. The number of aliphatic hydroxyl groups is 1. The van der Waals surface area contributed by atoms with Crippen molar-refractivity contribution in [2.45, 2.75) is 18.9 Å². The van der Waals surface area contributed by atoms with Gasteiger partial charge < -0.3 is 10.2 Å². The average Bonchev–Trinajstić information content (AvgIpc) is 3.07. The predicted octanol–water partition coefficient (Wildman–Crippen LogP) is 4.82. The molecule has 0 spiro atoms. The summed E-state index contributed by atoms with van der Waals surface area (Å²) in [6.07, 6.45) is -0.966. The third kappa shape index (κ3) is 4.82. The van der Waals surface area contributed by atoms with Gasteiger partial charge in [-0.05, 0) is 53.8 Å². The zero-order valence-corrected chi connectivity index (χ0v) is 18.4. The molecule has 0 unspecified atom stereocenters. The molecule has 1 aliphatic heterocycles. The summed E-state index contributed by atoms with van der Waals surface area (Å²) in [4.78, 5) is 37.9. The van der Waals surface area contributed by atoms with Crippen LogP contribution in [-0.4, -0.2) is 39.4 Å². The Hall–Kier alpha value is -3.48. The lowest BCUT2D eigenvalue weighted by molar-refractivity contribution is -0.143. The minimum Gasteiger partial charge on any atom is -0.481 e. The molecule has 168 valence electrons. The number of carboxylic acids is 1. The van der Waals surface area contributed by atoms with E-state index >= 15 is 0 Å². The summed E-state index contributed by atoms with van der Waals surface area (Å²) in [5, 5.41) is 20.9. The summed E-state index contributed by atoms with van der Waals surface area (Å²) in [6, 6.07) is 21.2. The van der Waals surface area contributed by atoms with Crippen molar-refractivity contribution in [2.75, 3.05) is 6.54 Å². The highest BCUT2D eigenvalue weighted by Crippen LogP contribution is 2.29. The fraction of sp³-hybridized carbons (Fsp3) is 0.192. The van der Waals surface area contributed by atoms with Gasteiger partial charge in [-0.25, -0.2) is 0 Å². The fourth-order valence-electron chi connectivity index (χ4n) is 4.01. The molecule has 7 heteroatoms. The first-order chi connectivity index (χ1) is 15.8. The molecule has 4 rings (SSSR count). The van der Waals surface area contributed by atoms with Gasteiger partial charge in [0.15, 0.2) is 0 Å². The third-order valence-electron chi connectivity index (χ3n) is 5.91. The number of hydrogen-bond donors (Lipinski definition) is 2. The molecule has 1 aliphatic rings. The molecule has 2 atom stereocenters. The molecule has 2 amide bonds. The third-order valence-corrected chi connectivity index (χ3v) is 6.16. The highest BCUT2D eigenvalue weighted by Gasteiger charge is 2.35. The number of aliphatic hydroxyl groups excluding tert-OH is 1. The van der Waals surface area contributed by atoms with Gasteiger partial charge in [-0.3, -0.25) is 19.3 Å². The van der Waals surface area contributed by atoms with Crippen LogP contribution < -0.4 is 0 Å². The second-order valence-electron chi connectivity index (χ2n) is 8.01. The smallest absolute Gasteiger partial charge is 0.306 e. The minimum absolute atomic E-state index is 0.0223. The van der Waals surface area contributed by atoms with Gasteiger partial charge in [0, 0.05) is 11.6 Å². The maximum Gasteiger partial charge on any atom is 0.306 e. The van der Waals surface area contributed by atoms with E-state index in [1.54, 1.807) is 48.5 Å². The summed E-state index contributed by atoms with van der Waals surface area (Å²) in [6.45, 7) is -0.0223. The van der Waals surface area contributed by atoms with E-state index in [2.05, 4.69) is 0 Å². The molecule has 3 aromatic rings. The lowest BCUT2D eigenvalue weighted by Crippen LogP contribution is -2.33. The van der Waals surface area contributed by atoms with Gasteiger partial charge in [0.1, 0.15) is 0 Å². The lowest BCUT2D eigenvalue weighted by Gasteiger charge is -2.20. The number of carbonyl (C=O) groups is 3. The molecule has 33 heavy (non-hydrogen) atoms. The predicted molar refractivity (Wildman–Crippen MR) is 124 cm³/mol. The van der Waals surface area contributed by atoms with Gasteiger partial charge >= 0.3 is 5.97 Å². The largest absolute Gasteiger partial charge is 0.481 e. The first kappa shape index (κ1) is 22.7. The Balaban J connectivity index is 1.40. The van der Waals surface area contributed by atoms with Crippen LogP contribution in [0.15, 0.2) is 72.8 Å². The van der Waals surface area contributed by atoms with Crippen molar-refractivity contribution >= 4 is 29.4 Å². The summed E-state index contributed by atoms with van der Waals surface area (Å²) in [5.41, 5.74) is 3.18. The van der Waals surface area contributed by atoms with E-state index in [1.807, 2.05) is 24.3 Å². The van der Waals surface area contributed by atoms with Gasteiger partial charge in [0.2, 0.25) is 0 Å². The van der Waals surface area contributed by atoms with E-state index in [4.69, 9.17) is 11.6 Å². The van der Waals surface area contributed by atoms with Crippen LogP contribution in [0.1, 0.15) is 45.2 Å². The van der Waals surface area contributed by atoms with Crippen molar-refractivity contribution in [3.05, 3.63) is 94.5 Å². The highest BCUT2D eigenvalue weighted by atomic mass is 35.5. The molecule has 6 nitrogen and oxygen atoms in total. The maximum absolute atomic E-state index is 12.5. The van der Waals surface area contributed by atoms with Crippen LogP contribution >= 0.6 is 11.6 Å². The van der Waals surface area contributed by atoms with Gasteiger partial charge in [-0.1, -0.05) is 60.1 Å². The Kier molecular flexibility index (Phi) is 6.58. The van der Waals surface area contributed by atoms with Crippen molar-refractivity contribution in [3.8, 4) is 11.1 Å². The minimum atomic E-state index is -1.08. The molecule has 0 saturated carbocycles. The molecule has 0 radical (unpaired) electrons. The van der Waals surface area contributed by atoms with Crippen molar-refractivity contribution < 1.29 is 24.6 Å². The van der Waals surface area contributed by atoms with Crippen LogP contribution in [0.4, 0.5) is 0 Å². The van der Waals surface area contributed by atoms with E-state index in [1.165, 1.54) is 0 Å². The van der Waals surface area contributed by atoms with Crippen LogP contribution in [-0.2, 0) is 4.79 Å². The number of aliphatic carboxylic acids is 1. The number of nitrogens with zero attached hydrogens (tertiary/aromatic N) is 1. The number of rotatable bonds is 8. The van der Waals surface area contributed by atoms with E-state index in [0.29, 0.717) is 21.7 Å². The van der Waals surface area contributed by atoms with Gasteiger partial charge in [-0.15, -0.1) is 0 Å². The molecule has 3 aromatic carbocycles. The summed E-state index contributed by atoms with van der Waals surface area (Å²) >= 11 is 5.93. The summed E-state index contributed by atoms with van der Waals surface area (Å²) in [5.74, 6) is -2.83. The Morgan fingerprint density at radius 3 is 1.88 bits per heavy atom. The van der Waals surface area contributed by atoms with E-state index < -0.39 is 29.8 Å². The van der Waals surface area contributed by atoms with E-state index in [-0.39, 0.29) is 19.4 Å². The Morgan fingerprint density at radius 1 is 0.848 bits per heavy atom. The Morgan fingerprint density at radius 2 is 1.36 bits per heavy atom. The molecule has 0 saturated heterocycles. The summed E-state index contributed by atoms with van der Waals surface area (Å²) < 4.78 is 0. The fourth-order valence-corrected chi connectivity index (χ4v) is 4.14. The van der Waals surface area contributed by atoms with Crippen LogP contribution in [0.25, 0.3) is 11.1 Å². The Bertz CT molecular complexity index is 1160. The van der Waals surface area contributed by atoms with Crippen molar-refractivity contribution in [2.24, 2.45) is 5.92 Å². The molecular weight excluding hydrogens is 442 g/mol. The molecule has 0 fully saturated rings. The van der Waals surface area contributed by atoms with Gasteiger partial charge in [-0.2, -0.15) is 0 Å². The second-order valence-corrected chi connectivity index (χ2v) is 8.45. The van der Waals surface area contributed by atoms with Gasteiger partial charge in [0.25, 0.3) is 11.8 Å². The number of hydrogen-bond acceptors (Lipinski definition) is 4. The topological polar surface area (TPSA) is 94.9 Å². The average molecular weight is 464 g/mol. The number of amides is 2. The first-order valence-electron chi connectivity index (χ1n) is 10.6. The molecular formula is C26H22ClNO5. The van der Waals surface area contributed by atoms with Crippen molar-refractivity contribution in [1.82, 2.24) is 4.90 Å². The quantitative estimate of drug-likeness (QED) is 0.467. The number of imide groups is 1. The number of carboxylic acid groups (broad SMARTS) is 1. The molecule has 2 N–H and O–H groups in total. The second kappa shape index (κ2) is 9.57. The molecule has 0 bridgehead atoms. The first-order valence-corrected chi connectivity index (χ1v) is 10.9. The van der Waals surface area contributed by atoms with Crippen LogP contribution in [0.3, 0.4) is 0 Å². The number of benzene rings is 3. The SMILES string of the molecule is O=C(O)[C@@H](CCN1C(=O)c2ccccc2C1=O)C[C@@H](O)c1ccc(-c2ccc(Cl)cc2)cc1. The van der Waals surface area contributed by atoms with Crippen LogP contribution in [0.2, 0.25) is 5.02 Å². The van der Waals surface area contributed by atoms with Crippen molar-refractivity contribution in [1.29, 1.82) is 0 Å². The van der Waals surface area contributed by atoms with Crippen molar-refractivity contribution in [3.63, 3.8) is 0 Å². The number of fused-ring (bicyclic) bond motifs is 1. The molecule has 1 heterocycles. The van der Waals surface area contributed by atoms with E-state index in [9.17, 15) is 24.6 Å². The summed E-state index contributed by atoms with van der Waals surface area (Å²) in [7, 11) is 0. The zero-order valence-electron chi connectivity index (χ0n) is 17.6.